The number of rotatable bonds is 38. The summed E-state index contributed by atoms with van der Waals surface area (Å²) < 4.78 is 35.1. The van der Waals surface area contributed by atoms with Gasteiger partial charge >= 0.3 is 0 Å². The van der Waals surface area contributed by atoms with Crippen molar-refractivity contribution in [3.63, 3.8) is 0 Å². The lowest BCUT2D eigenvalue weighted by molar-refractivity contribution is -0.261. The lowest BCUT2D eigenvalue weighted by Crippen LogP contribution is -2.64. The second-order valence-corrected chi connectivity index (χ2v) is 22.3. The van der Waals surface area contributed by atoms with Gasteiger partial charge in [0.05, 0.1) is 13.2 Å². The normalized spacial score (nSPS) is 25.6. The van der Waals surface area contributed by atoms with Crippen LogP contribution in [-0.2, 0) is 23.1 Å². The van der Waals surface area contributed by atoms with E-state index in [9.17, 15) is 35.0 Å². The van der Waals surface area contributed by atoms with E-state index in [4.69, 9.17) is 18.5 Å². The van der Waals surface area contributed by atoms with Crippen LogP contribution in [0.3, 0.4) is 0 Å². The van der Waals surface area contributed by atoms with E-state index in [-0.39, 0.29) is 6.61 Å². The molecule has 3 unspecified atom stereocenters. The molecule has 0 aromatic rings. The molecule has 0 heterocycles. The summed E-state index contributed by atoms with van der Waals surface area (Å²) in [5, 5.41) is 50.5. The zero-order chi connectivity index (χ0) is 46.0. The molecule has 0 bridgehead atoms. The first kappa shape index (κ1) is 58.8. The summed E-state index contributed by atoms with van der Waals surface area (Å²) in [6.07, 6.45) is 12.2. The van der Waals surface area contributed by atoms with E-state index in [2.05, 4.69) is 69.2 Å². The first-order valence-electron chi connectivity index (χ1n) is 25.0. The van der Waals surface area contributed by atoms with E-state index in [1.165, 1.54) is 96.3 Å². The van der Waals surface area contributed by atoms with Crippen molar-refractivity contribution in [2.45, 2.75) is 240 Å². The lowest BCUT2D eigenvalue weighted by atomic mass is 9.85. The van der Waals surface area contributed by atoms with Gasteiger partial charge in [0.2, 0.25) is 0 Å². The summed E-state index contributed by atoms with van der Waals surface area (Å²) in [5.41, 5.74) is 0. The Morgan fingerprint density at radius 3 is 1.11 bits per heavy atom. The van der Waals surface area contributed by atoms with Crippen molar-refractivity contribution in [1.82, 2.24) is 0 Å². The monoisotopic (exact) mass is 894 g/mol. The van der Waals surface area contributed by atoms with Crippen molar-refractivity contribution in [1.29, 1.82) is 0 Å². The zero-order valence-electron chi connectivity index (χ0n) is 40.8. The van der Waals surface area contributed by atoms with Gasteiger partial charge in [-0.05, 0) is 60.2 Å². The number of phosphoric ester groups is 1. The molecule has 1 aliphatic carbocycles. The van der Waals surface area contributed by atoms with Gasteiger partial charge < -0.3 is 48.9 Å². The van der Waals surface area contributed by atoms with Gasteiger partial charge in [-0.1, -0.05) is 185 Å². The molecule has 366 valence electrons. The highest BCUT2D eigenvalue weighted by molar-refractivity contribution is 7.45. The van der Waals surface area contributed by atoms with Crippen LogP contribution in [0.1, 0.15) is 198 Å². The first-order valence-corrected chi connectivity index (χ1v) is 26.4. The molecular weight excluding hydrogens is 796 g/mol. The van der Waals surface area contributed by atoms with E-state index in [0.29, 0.717) is 31.0 Å². The molecule has 0 aliphatic heterocycles. The smallest absolute Gasteiger partial charge is 0.268 e. The third-order valence-electron chi connectivity index (χ3n) is 13.3. The predicted octanol–water partition coefficient (Wildman–Crippen LogP) is 10.0. The molecule has 0 aromatic carbocycles. The van der Waals surface area contributed by atoms with Crippen LogP contribution in [0.5, 0.6) is 0 Å². The molecule has 0 amide bonds. The van der Waals surface area contributed by atoms with E-state index in [0.717, 1.165) is 61.7 Å². The summed E-state index contributed by atoms with van der Waals surface area (Å²) in [6.45, 7) is 23.8. The van der Waals surface area contributed by atoms with Crippen LogP contribution in [0.25, 0.3) is 0 Å². The third kappa shape index (κ3) is 28.5. The number of aliphatic hydroxyl groups is 5. The van der Waals surface area contributed by atoms with Crippen LogP contribution >= 0.6 is 7.82 Å². The summed E-state index contributed by atoms with van der Waals surface area (Å²) in [5.74, 6) is 5.57. The average Bonchev–Trinajstić information content (AvgIpc) is 3.18. The first-order chi connectivity index (χ1) is 28.7. The number of ether oxygens (including phenoxy) is 2. The standard InChI is InChI=1S/C49H99O11P/c1-35(2)17-11-19-37(5)21-13-23-39(7)25-15-27-41(9)29-31-57-33-43(34-59-61(55,56)60-49-47(53)45(51)44(50)46(52)48(49)54)58-32-30-42(10)28-16-26-40(8)24-14-22-38(6)20-12-18-36(3)4/h35-54H,11-34H2,1-10H3,(H,55,56)/p-1/t37-,38-,39-,40-,41-,42-,43+,44?,45-,46+,47-,48-,49?/m1/s1. The van der Waals surface area contributed by atoms with Crippen LogP contribution in [0.2, 0.25) is 0 Å². The van der Waals surface area contributed by atoms with Crippen molar-refractivity contribution in [2.75, 3.05) is 26.4 Å². The second-order valence-electron chi connectivity index (χ2n) is 20.9. The Kier molecular flexibility index (Phi) is 32.1. The fourth-order valence-corrected chi connectivity index (χ4v) is 9.59. The highest BCUT2D eigenvalue weighted by Gasteiger charge is 2.50. The summed E-state index contributed by atoms with van der Waals surface area (Å²) >= 11 is 0. The zero-order valence-corrected chi connectivity index (χ0v) is 41.7. The van der Waals surface area contributed by atoms with Crippen LogP contribution in [0.15, 0.2) is 0 Å². The quantitative estimate of drug-likeness (QED) is 0.0294. The van der Waals surface area contributed by atoms with Gasteiger partial charge in [-0.25, -0.2) is 0 Å². The molecule has 14 atom stereocenters. The molecular formula is C49H98O11P-. The molecule has 1 aliphatic rings. The van der Waals surface area contributed by atoms with Crippen molar-refractivity contribution >= 4 is 7.82 Å². The average molecular weight is 894 g/mol. The summed E-state index contributed by atoms with van der Waals surface area (Å²) in [6, 6.07) is 0. The number of hydrogen-bond acceptors (Lipinski definition) is 11. The number of phosphoric acid groups is 1. The summed E-state index contributed by atoms with van der Waals surface area (Å²) in [7, 11) is -5.17. The van der Waals surface area contributed by atoms with Crippen molar-refractivity contribution in [2.24, 2.45) is 47.3 Å². The SMILES string of the molecule is CC(C)CCC[C@@H](C)CCC[C@@H](C)CCC[C@@H](C)CCOC[C@@H](COP(=O)([O-])OC1[C@H](O)[C@H](O)C(O)[C@H](O)[C@H]1O)OCC[C@H](C)CCC[C@H](C)CCC[C@H](C)CCCC(C)C. The minimum Gasteiger partial charge on any atom is -0.756 e. The largest absolute Gasteiger partial charge is 0.756 e. The maximum Gasteiger partial charge on any atom is 0.268 e. The molecule has 1 fully saturated rings. The minimum absolute atomic E-state index is 0.111. The summed E-state index contributed by atoms with van der Waals surface area (Å²) in [4.78, 5) is 12.9. The molecule has 0 saturated heterocycles. The Labute approximate surface area is 374 Å². The van der Waals surface area contributed by atoms with Crippen LogP contribution in [0, 0.1) is 47.3 Å². The van der Waals surface area contributed by atoms with Gasteiger partial charge in [0, 0.05) is 13.2 Å². The Hall–Kier alpha value is -0.170. The second kappa shape index (κ2) is 33.3. The van der Waals surface area contributed by atoms with E-state index in [1.54, 1.807) is 0 Å². The molecule has 0 spiro atoms. The van der Waals surface area contributed by atoms with Gasteiger partial charge in [-0.2, -0.15) is 0 Å². The highest BCUT2D eigenvalue weighted by atomic mass is 31.2. The fraction of sp³-hybridized carbons (Fsp3) is 1.00. The molecule has 1 saturated carbocycles. The van der Waals surface area contributed by atoms with Crippen LogP contribution < -0.4 is 4.89 Å². The molecule has 11 nitrogen and oxygen atoms in total. The van der Waals surface area contributed by atoms with Crippen LogP contribution in [-0.4, -0.2) is 94.7 Å². The van der Waals surface area contributed by atoms with Crippen molar-refractivity contribution in [3.05, 3.63) is 0 Å². The van der Waals surface area contributed by atoms with Gasteiger partial charge in [-0.15, -0.1) is 0 Å². The Bertz CT molecular complexity index is 1080. The van der Waals surface area contributed by atoms with Gasteiger partial charge in [-0.3, -0.25) is 4.57 Å². The molecule has 1 rings (SSSR count). The molecule has 5 N–H and O–H groups in total. The Balaban J connectivity index is 2.55. The maximum atomic E-state index is 12.9. The fourth-order valence-electron chi connectivity index (χ4n) is 8.63. The predicted molar refractivity (Wildman–Crippen MR) is 246 cm³/mol. The lowest BCUT2D eigenvalue weighted by Gasteiger charge is -2.43. The molecule has 61 heavy (non-hydrogen) atoms. The third-order valence-corrected chi connectivity index (χ3v) is 14.3. The Morgan fingerprint density at radius 1 is 0.443 bits per heavy atom. The Morgan fingerprint density at radius 2 is 0.754 bits per heavy atom. The van der Waals surface area contributed by atoms with Gasteiger partial charge in [0.15, 0.2) is 0 Å². The number of hydrogen-bond donors (Lipinski definition) is 5. The van der Waals surface area contributed by atoms with E-state index >= 15 is 0 Å². The van der Waals surface area contributed by atoms with E-state index in [1.807, 2.05) is 0 Å². The molecule has 12 heteroatoms. The minimum atomic E-state index is -5.17. The maximum absolute atomic E-state index is 12.9. The molecule has 0 aromatic heterocycles. The highest BCUT2D eigenvalue weighted by Crippen LogP contribution is 2.43. The van der Waals surface area contributed by atoms with E-state index < -0.39 is 57.2 Å². The van der Waals surface area contributed by atoms with Gasteiger partial charge in [0.1, 0.15) is 42.7 Å². The van der Waals surface area contributed by atoms with Crippen molar-refractivity contribution in [3.8, 4) is 0 Å². The topological polar surface area (TPSA) is 178 Å². The van der Waals surface area contributed by atoms with Crippen LogP contribution in [0.4, 0.5) is 0 Å². The van der Waals surface area contributed by atoms with Crippen molar-refractivity contribution < 1.29 is 53.5 Å². The number of aliphatic hydroxyl groups excluding tert-OH is 5. The van der Waals surface area contributed by atoms with Gasteiger partial charge in [0.25, 0.3) is 7.82 Å². The molecule has 0 radical (unpaired) electrons.